The van der Waals surface area contributed by atoms with Crippen molar-refractivity contribution in [2.24, 2.45) is 0 Å². The van der Waals surface area contributed by atoms with Gasteiger partial charge < -0.3 is 10.3 Å². The molecule has 0 amide bonds. The van der Waals surface area contributed by atoms with Gasteiger partial charge in [-0.3, -0.25) is 4.79 Å². The van der Waals surface area contributed by atoms with Gasteiger partial charge in [-0.1, -0.05) is 0 Å². The molecule has 3 nitrogen and oxygen atoms in total. The molecule has 3 rings (SSSR count). The van der Waals surface area contributed by atoms with Gasteiger partial charge in [-0.2, -0.15) is 0 Å². The van der Waals surface area contributed by atoms with Crippen molar-refractivity contribution in [2.45, 2.75) is 25.3 Å². The summed E-state index contributed by atoms with van der Waals surface area (Å²) in [5.41, 5.74) is 1.83. The quantitative estimate of drug-likeness (QED) is 0.885. The topological polar surface area (TPSA) is 44.9 Å². The zero-order chi connectivity index (χ0) is 14.1. The maximum absolute atomic E-state index is 13.7. The second kappa shape index (κ2) is 5.07. The molecule has 0 saturated carbocycles. The van der Waals surface area contributed by atoms with Gasteiger partial charge in [-0.05, 0) is 49.1 Å². The van der Waals surface area contributed by atoms with E-state index in [-0.39, 0.29) is 17.3 Å². The van der Waals surface area contributed by atoms with Crippen molar-refractivity contribution >= 4 is 5.69 Å². The van der Waals surface area contributed by atoms with Crippen LogP contribution in [0.5, 0.6) is 0 Å². The Hall–Kier alpha value is -2.17. The molecule has 1 aliphatic rings. The minimum absolute atomic E-state index is 0.119. The molecule has 2 N–H and O–H groups in total. The van der Waals surface area contributed by atoms with Crippen molar-refractivity contribution in [2.75, 3.05) is 5.32 Å². The second-order valence-electron chi connectivity index (χ2n) is 4.97. The smallest absolute Gasteiger partial charge is 0.248 e. The number of H-pyrrole nitrogens is 1. The van der Waals surface area contributed by atoms with Crippen LogP contribution in [0, 0.1) is 11.6 Å². The summed E-state index contributed by atoms with van der Waals surface area (Å²) in [4.78, 5) is 14.1. The van der Waals surface area contributed by atoms with E-state index in [2.05, 4.69) is 10.3 Å². The van der Waals surface area contributed by atoms with Crippen LogP contribution in [0.3, 0.4) is 0 Å². The number of aromatic nitrogens is 1. The minimum atomic E-state index is -0.483. The van der Waals surface area contributed by atoms with Gasteiger partial charge in [0.15, 0.2) is 0 Å². The van der Waals surface area contributed by atoms with Gasteiger partial charge in [-0.25, -0.2) is 8.78 Å². The number of rotatable bonds is 2. The van der Waals surface area contributed by atoms with Crippen LogP contribution in [0.4, 0.5) is 14.5 Å². The van der Waals surface area contributed by atoms with E-state index in [1.165, 1.54) is 6.07 Å². The van der Waals surface area contributed by atoms with Crippen LogP contribution in [0.15, 0.2) is 35.1 Å². The third-order valence-corrected chi connectivity index (χ3v) is 3.59. The molecule has 0 bridgehead atoms. The third-order valence-electron chi connectivity index (χ3n) is 3.59. The number of benzene rings is 1. The third kappa shape index (κ3) is 2.43. The molecule has 5 heteroatoms. The molecule has 20 heavy (non-hydrogen) atoms. The average molecular weight is 276 g/mol. The SMILES string of the molecule is O=c1ccc2c([nH]1)CCCC2Nc1cc(F)ccc1F. The van der Waals surface area contributed by atoms with Crippen LogP contribution in [0.2, 0.25) is 0 Å². The molecule has 1 aromatic heterocycles. The number of anilines is 1. The summed E-state index contributed by atoms with van der Waals surface area (Å²) in [5.74, 6) is -0.964. The fourth-order valence-electron chi connectivity index (χ4n) is 2.65. The number of pyridine rings is 1. The number of aryl methyl sites for hydroxylation is 1. The lowest BCUT2D eigenvalue weighted by atomic mass is 9.91. The Morgan fingerprint density at radius 2 is 2.05 bits per heavy atom. The first-order valence-corrected chi connectivity index (χ1v) is 6.57. The van der Waals surface area contributed by atoms with Gasteiger partial charge in [0.05, 0.1) is 11.7 Å². The highest BCUT2D eigenvalue weighted by Gasteiger charge is 2.21. The lowest BCUT2D eigenvalue weighted by molar-refractivity contribution is 0.570. The van der Waals surface area contributed by atoms with Crippen LogP contribution in [-0.2, 0) is 6.42 Å². The predicted octanol–water partition coefficient (Wildman–Crippen LogP) is 3.14. The average Bonchev–Trinajstić information content (AvgIpc) is 2.43. The summed E-state index contributed by atoms with van der Waals surface area (Å²) in [5, 5.41) is 3.03. The molecule has 1 unspecified atom stereocenters. The van der Waals surface area contributed by atoms with Crippen molar-refractivity contribution in [3.8, 4) is 0 Å². The number of hydrogen-bond donors (Lipinski definition) is 2. The molecular formula is C15H14F2N2O. The molecule has 0 aliphatic heterocycles. The largest absolute Gasteiger partial charge is 0.376 e. The number of fused-ring (bicyclic) bond motifs is 1. The Bertz CT molecular complexity index is 697. The Labute approximate surface area is 114 Å². The summed E-state index contributed by atoms with van der Waals surface area (Å²) in [7, 11) is 0. The minimum Gasteiger partial charge on any atom is -0.376 e. The van der Waals surface area contributed by atoms with Crippen molar-refractivity contribution in [3.05, 3.63) is 63.6 Å². The summed E-state index contributed by atoms with van der Waals surface area (Å²) in [6, 6.07) is 6.44. The molecule has 1 aromatic carbocycles. The van der Waals surface area contributed by atoms with Gasteiger partial charge in [0.1, 0.15) is 11.6 Å². The standard InChI is InChI=1S/C15H14F2N2O/c16-9-4-6-11(17)14(8-9)18-12-2-1-3-13-10(12)5-7-15(20)19-13/h4-8,12,18H,1-3H2,(H,19,20). The fourth-order valence-corrected chi connectivity index (χ4v) is 2.65. The zero-order valence-corrected chi connectivity index (χ0v) is 10.7. The Balaban J connectivity index is 1.93. The monoisotopic (exact) mass is 276 g/mol. The van der Waals surface area contributed by atoms with Crippen molar-refractivity contribution in [3.63, 3.8) is 0 Å². The van der Waals surface area contributed by atoms with Crippen LogP contribution in [-0.4, -0.2) is 4.98 Å². The van der Waals surface area contributed by atoms with Gasteiger partial charge in [0.2, 0.25) is 5.56 Å². The molecule has 1 atom stereocenters. The lowest BCUT2D eigenvalue weighted by Crippen LogP contribution is -2.22. The van der Waals surface area contributed by atoms with Crippen molar-refractivity contribution < 1.29 is 8.78 Å². The first kappa shape index (κ1) is 12.8. The van der Waals surface area contributed by atoms with E-state index in [1.807, 2.05) is 0 Å². The maximum Gasteiger partial charge on any atom is 0.248 e. The van der Waals surface area contributed by atoms with E-state index in [0.29, 0.717) is 0 Å². The summed E-state index contributed by atoms with van der Waals surface area (Å²) in [6.45, 7) is 0. The maximum atomic E-state index is 13.7. The number of halogens is 2. The first-order valence-electron chi connectivity index (χ1n) is 6.57. The van der Waals surface area contributed by atoms with Crippen LogP contribution in [0.25, 0.3) is 0 Å². The Morgan fingerprint density at radius 3 is 2.90 bits per heavy atom. The molecule has 104 valence electrons. The first-order chi connectivity index (χ1) is 9.63. The second-order valence-corrected chi connectivity index (χ2v) is 4.97. The molecule has 0 saturated heterocycles. The fraction of sp³-hybridized carbons (Fsp3) is 0.267. The van der Waals surface area contributed by atoms with Crippen LogP contribution < -0.4 is 10.9 Å². The van der Waals surface area contributed by atoms with Crippen molar-refractivity contribution in [1.29, 1.82) is 0 Å². The van der Waals surface area contributed by atoms with E-state index < -0.39 is 11.6 Å². The predicted molar refractivity (Wildman–Crippen MR) is 72.7 cm³/mol. The highest BCUT2D eigenvalue weighted by molar-refractivity contribution is 5.48. The van der Waals surface area contributed by atoms with Gasteiger partial charge in [0.25, 0.3) is 0 Å². The van der Waals surface area contributed by atoms with Crippen LogP contribution in [0.1, 0.15) is 30.1 Å². The Morgan fingerprint density at radius 1 is 1.20 bits per heavy atom. The molecule has 2 aromatic rings. The number of nitrogens with one attached hydrogen (secondary N) is 2. The lowest BCUT2D eigenvalue weighted by Gasteiger charge is -2.26. The van der Waals surface area contributed by atoms with E-state index in [1.54, 1.807) is 6.07 Å². The van der Waals surface area contributed by atoms with Gasteiger partial charge in [-0.15, -0.1) is 0 Å². The molecule has 1 heterocycles. The van der Waals surface area contributed by atoms with E-state index >= 15 is 0 Å². The molecule has 0 fully saturated rings. The van der Waals surface area contributed by atoms with Gasteiger partial charge in [0, 0.05) is 11.8 Å². The highest BCUT2D eigenvalue weighted by Crippen LogP contribution is 2.31. The molecule has 0 radical (unpaired) electrons. The molecule has 0 spiro atoms. The summed E-state index contributed by atoms with van der Waals surface area (Å²) >= 11 is 0. The zero-order valence-electron chi connectivity index (χ0n) is 10.7. The van der Waals surface area contributed by atoms with Crippen molar-refractivity contribution in [1.82, 2.24) is 4.98 Å². The van der Waals surface area contributed by atoms with Crippen LogP contribution >= 0.6 is 0 Å². The number of hydrogen-bond acceptors (Lipinski definition) is 2. The Kier molecular flexibility index (Phi) is 3.26. The van der Waals surface area contributed by atoms with E-state index in [0.717, 1.165) is 48.7 Å². The molecular weight excluding hydrogens is 262 g/mol. The highest BCUT2D eigenvalue weighted by atomic mass is 19.1. The van der Waals surface area contributed by atoms with E-state index in [9.17, 15) is 13.6 Å². The summed E-state index contributed by atoms with van der Waals surface area (Å²) < 4.78 is 26.9. The summed E-state index contributed by atoms with van der Waals surface area (Å²) in [6.07, 6.45) is 2.51. The van der Waals surface area contributed by atoms with E-state index in [4.69, 9.17) is 0 Å². The number of aromatic amines is 1. The normalized spacial score (nSPS) is 17.6. The van der Waals surface area contributed by atoms with Gasteiger partial charge >= 0.3 is 0 Å². The molecule has 1 aliphatic carbocycles.